The largest absolute Gasteiger partial charge is 0.497 e. The Bertz CT molecular complexity index is 450. The molecule has 0 amide bonds. The molecule has 0 unspecified atom stereocenters. The van der Waals surface area contributed by atoms with Crippen LogP contribution in [0, 0.1) is 5.92 Å². The Labute approximate surface area is 162 Å². The van der Waals surface area contributed by atoms with Crippen molar-refractivity contribution in [3.05, 3.63) is 24.3 Å². The van der Waals surface area contributed by atoms with Gasteiger partial charge in [-0.1, -0.05) is 71.1 Å². The van der Waals surface area contributed by atoms with Crippen molar-refractivity contribution >= 4 is 5.69 Å². The minimum Gasteiger partial charge on any atom is -0.497 e. The molecule has 1 aromatic carbocycles. The topological polar surface area (TPSA) is 12.5 Å². The second-order valence-electron chi connectivity index (χ2n) is 8.12. The van der Waals surface area contributed by atoms with Gasteiger partial charge in [0.1, 0.15) is 5.75 Å². The van der Waals surface area contributed by atoms with Crippen molar-refractivity contribution < 1.29 is 4.74 Å². The predicted molar refractivity (Wildman–Crippen MR) is 114 cm³/mol. The van der Waals surface area contributed by atoms with E-state index >= 15 is 0 Å². The van der Waals surface area contributed by atoms with Gasteiger partial charge in [0.05, 0.1) is 7.11 Å². The zero-order chi connectivity index (χ0) is 18.5. The molecule has 0 N–H and O–H groups in total. The minimum atomic E-state index is 0.889. The van der Waals surface area contributed by atoms with E-state index in [0.29, 0.717) is 0 Å². The van der Waals surface area contributed by atoms with E-state index in [9.17, 15) is 0 Å². The maximum Gasteiger partial charge on any atom is 0.119 e. The maximum atomic E-state index is 5.33. The smallest absolute Gasteiger partial charge is 0.119 e. The van der Waals surface area contributed by atoms with Crippen molar-refractivity contribution in [2.75, 3.05) is 25.1 Å². The summed E-state index contributed by atoms with van der Waals surface area (Å²) in [6, 6.07) is 8.70. The summed E-state index contributed by atoms with van der Waals surface area (Å²) in [5.74, 6) is 1.85. The lowest BCUT2D eigenvalue weighted by Gasteiger charge is -2.31. The fourth-order valence-electron chi connectivity index (χ4n) is 4.24. The molecule has 0 saturated heterocycles. The van der Waals surface area contributed by atoms with E-state index in [1.165, 1.54) is 102 Å². The highest BCUT2D eigenvalue weighted by Gasteiger charge is 2.17. The summed E-state index contributed by atoms with van der Waals surface area (Å²) in [4.78, 5) is 2.65. The predicted octanol–water partition coefficient (Wildman–Crippen LogP) is 7.22. The number of nitrogens with zero attached hydrogens (tertiary/aromatic N) is 1. The van der Waals surface area contributed by atoms with Crippen LogP contribution in [0.15, 0.2) is 24.3 Å². The molecule has 1 aliphatic carbocycles. The average Bonchev–Trinajstić information content (AvgIpc) is 2.70. The first kappa shape index (κ1) is 21.1. The zero-order valence-corrected chi connectivity index (χ0v) is 17.3. The van der Waals surface area contributed by atoms with Crippen molar-refractivity contribution in [3.8, 4) is 5.75 Å². The Balaban J connectivity index is 1.78. The van der Waals surface area contributed by atoms with Crippen molar-refractivity contribution in [1.29, 1.82) is 0 Å². The number of ether oxygens (including phenoxy) is 1. The van der Waals surface area contributed by atoms with Crippen LogP contribution in [0.1, 0.15) is 90.4 Å². The Kier molecular flexibility index (Phi) is 10.6. The molecule has 2 heteroatoms. The number of unbranched alkanes of at least 4 members (excludes halogenated alkanes) is 7. The maximum absolute atomic E-state index is 5.33. The molecular weight excluding hydrogens is 318 g/mol. The van der Waals surface area contributed by atoms with Gasteiger partial charge in [-0.2, -0.15) is 0 Å². The van der Waals surface area contributed by atoms with Crippen LogP contribution in [0.3, 0.4) is 0 Å². The molecule has 0 atom stereocenters. The molecule has 1 fully saturated rings. The molecule has 0 aromatic heterocycles. The standard InChI is InChI=1S/C24H41NO/c1-3-4-5-6-7-8-9-13-20-25(21-22-14-11-10-12-15-22)23-16-18-24(26-2)19-17-23/h16-19,22H,3-15,20-21H2,1-2H3. The van der Waals surface area contributed by atoms with E-state index in [1.807, 2.05) is 0 Å². The van der Waals surface area contributed by atoms with Gasteiger partial charge in [0.25, 0.3) is 0 Å². The first-order valence-electron chi connectivity index (χ1n) is 11.2. The highest BCUT2D eigenvalue weighted by atomic mass is 16.5. The van der Waals surface area contributed by atoms with Crippen molar-refractivity contribution in [1.82, 2.24) is 0 Å². The normalized spacial score (nSPS) is 15.2. The van der Waals surface area contributed by atoms with Crippen LogP contribution >= 0.6 is 0 Å². The average molecular weight is 360 g/mol. The second-order valence-corrected chi connectivity index (χ2v) is 8.12. The lowest BCUT2D eigenvalue weighted by molar-refractivity contribution is 0.357. The summed E-state index contributed by atoms with van der Waals surface area (Å²) >= 11 is 0. The summed E-state index contributed by atoms with van der Waals surface area (Å²) < 4.78 is 5.33. The van der Waals surface area contributed by atoms with Gasteiger partial charge in [0, 0.05) is 18.8 Å². The molecule has 1 aliphatic rings. The third-order valence-corrected chi connectivity index (χ3v) is 5.92. The molecule has 0 aliphatic heterocycles. The van der Waals surface area contributed by atoms with Gasteiger partial charge in [0.2, 0.25) is 0 Å². The summed E-state index contributed by atoms with van der Waals surface area (Å²) in [5, 5.41) is 0. The number of rotatable bonds is 13. The third-order valence-electron chi connectivity index (χ3n) is 5.92. The van der Waals surface area contributed by atoms with Crippen LogP contribution in [0.2, 0.25) is 0 Å². The first-order valence-corrected chi connectivity index (χ1v) is 11.2. The number of hydrogen-bond donors (Lipinski definition) is 0. The van der Waals surface area contributed by atoms with E-state index < -0.39 is 0 Å². The number of anilines is 1. The number of benzene rings is 1. The summed E-state index contributed by atoms with van der Waals surface area (Å²) in [6.07, 6.45) is 18.3. The van der Waals surface area contributed by atoms with Crippen LogP contribution in [0.4, 0.5) is 5.69 Å². The Hall–Kier alpha value is -1.18. The lowest BCUT2D eigenvalue weighted by Crippen LogP contribution is -2.31. The molecule has 2 nitrogen and oxygen atoms in total. The van der Waals surface area contributed by atoms with Gasteiger partial charge in [-0.05, 0) is 49.4 Å². The van der Waals surface area contributed by atoms with E-state index in [2.05, 4.69) is 36.1 Å². The monoisotopic (exact) mass is 359 g/mol. The van der Waals surface area contributed by atoms with Gasteiger partial charge in [0.15, 0.2) is 0 Å². The van der Waals surface area contributed by atoms with Gasteiger partial charge in [-0.3, -0.25) is 0 Å². The molecule has 2 rings (SSSR count). The quantitative estimate of drug-likeness (QED) is 0.345. The Morgan fingerprint density at radius 1 is 0.846 bits per heavy atom. The molecule has 0 heterocycles. The van der Waals surface area contributed by atoms with Crippen LogP contribution in [0.5, 0.6) is 5.75 Å². The highest BCUT2D eigenvalue weighted by molar-refractivity contribution is 5.49. The second kappa shape index (κ2) is 13.1. The van der Waals surface area contributed by atoms with Crippen LogP contribution < -0.4 is 9.64 Å². The van der Waals surface area contributed by atoms with Crippen LogP contribution in [-0.4, -0.2) is 20.2 Å². The minimum absolute atomic E-state index is 0.889. The highest BCUT2D eigenvalue weighted by Crippen LogP contribution is 2.27. The molecule has 148 valence electrons. The van der Waals surface area contributed by atoms with Crippen LogP contribution in [0.25, 0.3) is 0 Å². The summed E-state index contributed by atoms with van der Waals surface area (Å²) in [7, 11) is 1.75. The van der Waals surface area contributed by atoms with Gasteiger partial charge < -0.3 is 9.64 Å². The molecule has 0 radical (unpaired) electrons. The molecule has 0 spiro atoms. The molecule has 26 heavy (non-hydrogen) atoms. The van der Waals surface area contributed by atoms with Gasteiger partial charge in [-0.25, -0.2) is 0 Å². The lowest BCUT2D eigenvalue weighted by atomic mass is 9.88. The Morgan fingerprint density at radius 2 is 1.46 bits per heavy atom. The van der Waals surface area contributed by atoms with Gasteiger partial charge >= 0.3 is 0 Å². The summed E-state index contributed by atoms with van der Waals surface area (Å²) in [5.41, 5.74) is 1.37. The summed E-state index contributed by atoms with van der Waals surface area (Å²) in [6.45, 7) is 4.74. The third kappa shape index (κ3) is 8.01. The van der Waals surface area contributed by atoms with Crippen LogP contribution in [-0.2, 0) is 0 Å². The van der Waals surface area contributed by atoms with E-state index in [4.69, 9.17) is 4.74 Å². The van der Waals surface area contributed by atoms with Crippen molar-refractivity contribution in [2.24, 2.45) is 5.92 Å². The van der Waals surface area contributed by atoms with E-state index in [0.717, 1.165) is 11.7 Å². The fraction of sp³-hybridized carbons (Fsp3) is 0.750. The molecular formula is C24H41NO. The van der Waals surface area contributed by atoms with E-state index in [-0.39, 0.29) is 0 Å². The number of methoxy groups -OCH3 is 1. The molecule has 1 saturated carbocycles. The van der Waals surface area contributed by atoms with Crippen molar-refractivity contribution in [3.63, 3.8) is 0 Å². The molecule has 0 bridgehead atoms. The fourth-order valence-corrected chi connectivity index (χ4v) is 4.24. The number of hydrogen-bond acceptors (Lipinski definition) is 2. The zero-order valence-electron chi connectivity index (χ0n) is 17.3. The Morgan fingerprint density at radius 3 is 2.08 bits per heavy atom. The van der Waals surface area contributed by atoms with E-state index in [1.54, 1.807) is 7.11 Å². The van der Waals surface area contributed by atoms with Crippen molar-refractivity contribution in [2.45, 2.75) is 90.4 Å². The van der Waals surface area contributed by atoms with Gasteiger partial charge in [-0.15, -0.1) is 0 Å². The molecule has 1 aromatic rings. The SMILES string of the molecule is CCCCCCCCCCN(CC1CCCCC1)c1ccc(OC)cc1. The first-order chi connectivity index (χ1) is 12.8.